The van der Waals surface area contributed by atoms with Gasteiger partial charge in [0.2, 0.25) is 0 Å². The number of aromatic nitrogens is 2. The summed E-state index contributed by atoms with van der Waals surface area (Å²) in [4.78, 5) is 8.21. The Morgan fingerprint density at radius 3 is 3.00 bits per heavy atom. The first kappa shape index (κ1) is 10.1. The third-order valence-electron chi connectivity index (χ3n) is 2.70. The summed E-state index contributed by atoms with van der Waals surface area (Å²) >= 11 is 2.26. The summed E-state index contributed by atoms with van der Waals surface area (Å²) in [6.45, 7) is 2.31. The first-order chi connectivity index (χ1) is 6.75. The fourth-order valence-corrected chi connectivity index (χ4v) is 2.41. The van der Waals surface area contributed by atoms with Crippen molar-refractivity contribution in [2.45, 2.75) is 32.2 Å². The molecule has 1 aromatic heterocycles. The van der Waals surface area contributed by atoms with Crippen molar-refractivity contribution in [1.29, 1.82) is 0 Å². The van der Waals surface area contributed by atoms with E-state index in [1.54, 1.807) is 6.33 Å². The molecule has 1 fully saturated rings. The van der Waals surface area contributed by atoms with E-state index in [0.717, 1.165) is 15.3 Å². The Hall–Kier alpha value is -0.390. The molecule has 4 heteroatoms. The Bertz CT molecular complexity index is 316. The van der Waals surface area contributed by atoms with E-state index >= 15 is 0 Å². The van der Waals surface area contributed by atoms with Gasteiger partial charge in [0.05, 0.1) is 3.57 Å². The molecule has 1 aliphatic carbocycles. The highest BCUT2D eigenvalue weighted by Crippen LogP contribution is 2.27. The van der Waals surface area contributed by atoms with Crippen LogP contribution < -0.4 is 5.32 Å². The van der Waals surface area contributed by atoms with Crippen molar-refractivity contribution in [2.75, 3.05) is 5.32 Å². The second kappa shape index (κ2) is 4.42. The molecule has 0 spiro atoms. The SMILES string of the molecule is CC1CCC(Nc2ncncc2I)C1. The largest absolute Gasteiger partial charge is 0.366 e. The van der Waals surface area contributed by atoms with Gasteiger partial charge >= 0.3 is 0 Å². The number of rotatable bonds is 2. The van der Waals surface area contributed by atoms with Crippen LogP contribution in [0.25, 0.3) is 0 Å². The zero-order valence-corrected chi connectivity index (χ0v) is 10.4. The van der Waals surface area contributed by atoms with Gasteiger partial charge < -0.3 is 5.32 Å². The lowest BCUT2D eigenvalue weighted by atomic mass is 10.1. The van der Waals surface area contributed by atoms with Gasteiger partial charge in [0.15, 0.2) is 0 Å². The van der Waals surface area contributed by atoms with Gasteiger partial charge in [0, 0.05) is 12.2 Å². The molecule has 1 N–H and O–H groups in total. The standard InChI is InChI=1S/C10H14IN3/c1-7-2-3-8(4-7)14-10-9(11)5-12-6-13-10/h5-8H,2-4H2,1H3,(H,12,13,14). The smallest absolute Gasteiger partial charge is 0.143 e. The average Bonchev–Trinajstić information content (AvgIpc) is 2.56. The maximum Gasteiger partial charge on any atom is 0.143 e. The summed E-state index contributed by atoms with van der Waals surface area (Å²) in [6.07, 6.45) is 7.30. The average molecular weight is 303 g/mol. The number of nitrogens with zero attached hydrogens (tertiary/aromatic N) is 2. The van der Waals surface area contributed by atoms with Crippen molar-refractivity contribution < 1.29 is 0 Å². The molecule has 2 atom stereocenters. The zero-order chi connectivity index (χ0) is 9.97. The molecule has 1 saturated carbocycles. The van der Waals surface area contributed by atoms with Crippen LogP contribution in [0, 0.1) is 9.49 Å². The van der Waals surface area contributed by atoms with Gasteiger partial charge in [-0.05, 0) is 47.8 Å². The highest BCUT2D eigenvalue weighted by Gasteiger charge is 2.21. The summed E-state index contributed by atoms with van der Waals surface area (Å²) < 4.78 is 1.10. The minimum Gasteiger partial charge on any atom is -0.366 e. The van der Waals surface area contributed by atoms with Crippen LogP contribution in [0.2, 0.25) is 0 Å². The lowest BCUT2D eigenvalue weighted by molar-refractivity contribution is 0.602. The first-order valence-corrected chi connectivity index (χ1v) is 6.05. The summed E-state index contributed by atoms with van der Waals surface area (Å²) in [7, 11) is 0. The van der Waals surface area contributed by atoms with Crippen molar-refractivity contribution in [3.05, 3.63) is 16.1 Å². The highest BCUT2D eigenvalue weighted by atomic mass is 127. The fourth-order valence-electron chi connectivity index (χ4n) is 1.95. The van der Waals surface area contributed by atoms with Gasteiger partial charge in [-0.15, -0.1) is 0 Å². The Morgan fingerprint density at radius 2 is 2.36 bits per heavy atom. The Labute approximate surface area is 97.9 Å². The maximum absolute atomic E-state index is 4.24. The van der Waals surface area contributed by atoms with Crippen LogP contribution >= 0.6 is 22.6 Å². The quantitative estimate of drug-likeness (QED) is 0.854. The first-order valence-electron chi connectivity index (χ1n) is 4.97. The Kier molecular flexibility index (Phi) is 3.20. The minimum absolute atomic E-state index is 0.605. The molecule has 2 rings (SSSR count). The Balaban J connectivity index is 2.01. The van der Waals surface area contributed by atoms with Crippen molar-refractivity contribution >= 4 is 28.4 Å². The van der Waals surface area contributed by atoms with Crippen LogP contribution in [-0.2, 0) is 0 Å². The van der Waals surface area contributed by atoms with Crippen LogP contribution in [0.15, 0.2) is 12.5 Å². The van der Waals surface area contributed by atoms with E-state index in [1.807, 2.05) is 6.20 Å². The number of anilines is 1. The van der Waals surface area contributed by atoms with E-state index in [1.165, 1.54) is 19.3 Å². The van der Waals surface area contributed by atoms with Gasteiger partial charge in [-0.3, -0.25) is 0 Å². The molecule has 0 bridgehead atoms. The number of hydrogen-bond acceptors (Lipinski definition) is 3. The van der Waals surface area contributed by atoms with Crippen LogP contribution in [-0.4, -0.2) is 16.0 Å². The van der Waals surface area contributed by atoms with Crippen molar-refractivity contribution in [3.63, 3.8) is 0 Å². The second-order valence-corrected chi connectivity index (χ2v) is 5.14. The number of halogens is 1. The van der Waals surface area contributed by atoms with E-state index in [4.69, 9.17) is 0 Å². The van der Waals surface area contributed by atoms with Gasteiger partial charge in [-0.2, -0.15) is 0 Å². The fraction of sp³-hybridized carbons (Fsp3) is 0.600. The topological polar surface area (TPSA) is 37.8 Å². The summed E-state index contributed by atoms with van der Waals surface area (Å²) in [5, 5.41) is 3.48. The predicted molar refractivity (Wildman–Crippen MR) is 65.2 cm³/mol. The summed E-state index contributed by atoms with van der Waals surface area (Å²) in [5.41, 5.74) is 0. The van der Waals surface area contributed by atoms with Gasteiger partial charge in [-0.25, -0.2) is 9.97 Å². The number of nitrogens with one attached hydrogen (secondary N) is 1. The zero-order valence-electron chi connectivity index (χ0n) is 8.20. The van der Waals surface area contributed by atoms with Gasteiger partial charge in [-0.1, -0.05) is 6.92 Å². The van der Waals surface area contributed by atoms with Crippen LogP contribution in [0.5, 0.6) is 0 Å². The normalized spacial score (nSPS) is 26.4. The molecule has 1 aromatic rings. The van der Waals surface area contributed by atoms with Crippen molar-refractivity contribution in [3.8, 4) is 0 Å². The molecule has 3 nitrogen and oxygen atoms in total. The molecule has 14 heavy (non-hydrogen) atoms. The third-order valence-corrected chi connectivity index (χ3v) is 3.49. The van der Waals surface area contributed by atoms with Crippen LogP contribution in [0.1, 0.15) is 26.2 Å². The molecule has 2 unspecified atom stereocenters. The van der Waals surface area contributed by atoms with Crippen molar-refractivity contribution in [1.82, 2.24) is 9.97 Å². The van der Waals surface area contributed by atoms with Gasteiger partial charge in [0.25, 0.3) is 0 Å². The third kappa shape index (κ3) is 2.34. The molecule has 0 radical (unpaired) electrons. The highest BCUT2D eigenvalue weighted by molar-refractivity contribution is 14.1. The van der Waals surface area contributed by atoms with Gasteiger partial charge in [0.1, 0.15) is 12.1 Å². The predicted octanol–water partition coefficient (Wildman–Crippen LogP) is 2.68. The molecular weight excluding hydrogens is 289 g/mol. The molecule has 0 saturated heterocycles. The van der Waals surface area contributed by atoms with E-state index in [9.17, 15) is 0 Å². The monoisotopic (exact) mass is 303 g/mol. The maximum atomic E-state index is 4.24. The molecule has 76 valence electrons. The summed E-state index contributed by atoms with van der Waals surface area (Å²) in [5.74, 6) is 1.84. The molecule has 0 aromatic carbocycles. The summed E-state index contributed by atoms with van der Waals surface area (Å²) in [6, 6.07) is 0.605. The number of hydrogen-bond donors (Lipinski definition) is 1. The van der Waals surface area contributed by atoms with E-state index in [0.29, 0.717) is 6.04 Å². The molecule has 1 aliphatic rings. The molecule has 0 amide bonds. The Morgan fingerprint density at radius 1 is 1.50 bits per heavy atom. The van der Waals surface area contributed by atoms with E-state index < -0.39 is 0 Å². The molecule has 1 heterocycles. The lowest BCUT2D eigenvalue weighted by Crippen LogP contribution is -2.17. The minimum atomic E-state index is 0.605. The van der Waals surface area contributed by atoms with E-state index in [2.05, 4.69) is 44.8 Å². The van der Waals surface area contributed by atoms with Crippen LogP contribution in [0.4, 0.5) is 5.82 Å². The molecule has 0 aliphatic heterocycles. The second-order valence-electron chi connectivity index (χ2n) is 3.98. The van der Waals surface area contributed by atoms with E-state index in [-0.39, 0.29) is 0 Å². The lowest BCUT2D eigenvalue weighted by Gasteiger charge is -2.13. The molecular formula is C10H14IN3. The van der Waals surface area contributed by atoms with Crippen molar-refractivity contribution in [2.24, 2.45) is 5.92 Å². The van der Waals surface area contributed by atoms with Crippen LogP contribution in [0.3, 0.4) is 0 Å².